The molecule has 0 amide bonds. The highest BCUT2D eigenvalue weighted by molar-refractivity contribution is 5.65. The van der Waals surface area contributed by atoms with Crippen LogP contribution < -0.4 is 5.73 Å². The fraction of sp³-hybridized carbons (Fsp3) is 0.333. The SMILES string of the molecule is C/C=C(/C)N.C=NC.CC.Cc1cc(O)cc(-c2nn(CCc3ccccc3)cc2C)c1. The van der Waals surface area contributed by atoms with Crippen molar-refractivity contribution in [3.63, 3.8) is 0 Å². The van der Waals surface area contributed by atoms with Gasteiger partial charge in [0.05, 0.1) is 5.69 Å². The fourth-order valence-corrected chi connectivity index (χ4v) is 2.71. The predicted molar refractivity (Wildman–Crippen MR) is 139 cm³/mol. The van der Waals surface area contributed by atoms with Crippen molar-refractivity contribution in [3.8, 4) is 17.0 Å². The van der Waals surface area contributed by atoms with Crippen molar-refractivity contribution < 1.29 is 5.11 Å². The van der Waals surface area contributed by atoms with Crippen LogP contribution in [0.2, 0.25) is 0 Å². The Hall–Kier alpha value is -3.34. The molecule has 3 aromatic rings. The van der Waals surface area contributed by atoms with Crippen LogP contribution in [-0.2, 0) is 13.0 Å². The number of aromatic hydroxyl groups is 1. The normalized spacial score (nSPS) is 9.91. The number of phenols is 1. The van der Waals surface area contributed by atoms with Crippen LogP contribution in [-0.4, -0.2) is 28.7 Å². The van der Waals surface area contributed by atoms with E-state index in [1.165, 1.54) is 5.56 Å². The summed E-state index contributed by atoms with van der Waals surface area (Å²) in [6.45, 7) is 15.8. The molecule has 0 saturated heterocycles. The Bertz CT molecular complexity index is 919. The van der Waals surface area contributed by atoms with Gasteiger partial charge in [0.1, 0.15) is 5.75 Å². The summed E-state index contributed by atoms with van der Waals surface area (Å²) in [5.74, 6) is 0.285. The van der Waals surface area contributed by atoms with E-state index in [4.69, 9.17) is 5.73 Å². The highest BCUT2D eigenvalue weighted by Crippen LogP contribution is 2.26. The van der Waals surface area contributed by atoms with Crippen molar-refractivity contribution >= 4 is 6.72 Å². The highest BCUT2D eigenvalue weighted by Gasteiger charge is 2.09. The molecule has 0 saturated carbocycles. The van der Waals surface area contributed by atoms with Crippen molar-refractivity contribution in [2.45, 2.75) is 54.5 Å². The molecule has 5 nitrogen and oxygen atoms in total. The van der Waals surface area contributed by atoms with E-state index in [2.05, 4.69) is 60.3 Å². The summed E-state index contributed by atoms with van der Waals surface area (Å²) in [6, 6.07) is 16.0. The van der Waals surface area contributed by atoms with Gasteiger partial charge < -0.3 is 15.8 Å². The van der Waals surface area contributed by atoms with Gasteiger partial charge in [-0.3, -0.25) is 4.68 Å². The number of nitrogens with two attached hydrogens (primary N) is 1. The summed E-state index contributed by atoms with van der Waals surface area (Å²) >= 11 is 0. The van der Waals surface area contributed by atoms with Gasteiger partial charge in [0.25, 0.3) is 0 Å². The van der Waals surface area contributed by atoms with E-state index in [0.29, 0.717) is 0 Å². The van der Waals surface area contributed by atoms with E-state index < -0.39 is 0 Å². The van der Waals surface area contributed by atoms with Crippen LogP contribution >= 0.6 is 0 Å². The Morgan fingerprint density at radius 2 is 1.72 bits per heavy atom. The molecule has 0 aliphatic carbocycles. The summed E-state index contributed by atoms with van der Waals surface area (Å²) < 4.78 is 1.98. The molecule has 0 atom stereocenters. The van der Waals surface area contributed by atoms with Crippen molar-refractivity contribution in [2.75, 3.05) is 7.05 Å². The maximum atomic E-state index is 9.77. The van der Waals surface area contributed by atoms with Crippen molar-refractivity contribution in [1.82, 2.24) is 9.78 Å². The van der Waals surface area contributed by atoms with Crippen LogP contribution in [0.1, 0.15) is 44.4 Å². The number of hydrogen-bond donors (Lipinski definition) is 2. The molecule has 3 rings (SSSR count). The smallest absolute Gasteiger partial charge is 0.116 e. The number of benzene rings is 2. The van der Waals surface area contributed by atoms with Crippen LogP contribution in [0, 0.1) is 13.8 Å². The van der Waals surface area contributed by atoms with Gasteiger partial charge in [-0.05, 0) is 75.7 Å². The maximum Gasteiger partial charge on any atom is 0.116 e. The largest absolute Gasteiger partial charge is 0.508 e. The minimum Gasteiger partial charge on any atom is -0.508 e. The van der Waals surface area contributed by atoms with E-state index >= 15 is 0 Å². The second-order valence-corrected chi connectivity index (χ2v) is 7.07. The van der Waals surface area contributed by atoms with Crippen molar-refractivity contribution in [1.29, 1.82) is 0 Å². The number of aromatic nitrogens is 2. The zero-order valence-corrected chi connectivity index (χ0v) is 20.8. The van der Waals surface area contributed by atoms with E-state index in [0.717, 1.165) is 41.0 Å². The number of phenolic OH excluding ortho intramolecular Hbond substituents is 1. The van der Waals surface area contributed by atoms with Gasteiger partial charge in [-0.15, -0.1) is 0 Å². The zero-order valence-electron chi connectivity index (χ0n) is 20.8. The second kappa shape index (κ2) is 16.4. The predicted octanol–water partition coefficient (Wildman–Crippen LogP) is 6.33. The van der Waals surface area contributed by atoms with Crippen LogP contribution in [0.4, 0.5) is 0 Å². The van der Waals surface area contributed by atoms with E-state index in [1.807, 2.05) is 51.4 Å². The first kappa shape index (κ1) is 28.7. The van der Waals surface area contributed by atoms with Crippen molar-refractivity contribution in [3.05, 3.63) is 83.2 Å². The number of aliphatic imine (C=N–C) groups is 1. The third-order valence-corrected chi connectivity index (χ3v) is 4.21. The lowest BCUT2D eigenvalue weighted by atomic mass is 10.1. The lowest BCUT2D eigenvalue weighted by Gasteiger charge is -2.03. The minimum atomic E-state index is 0.285. The van der Waals surface area contributed by atoms with Crippen LogP contribution in [0.25, 0.3) is 11.3 Å². The summed E-state index contributed by atoms with van der Waals surface area (Å²) in [7, 11) is 1.64. The number of allylic oxidation sites excluding steroid dienone is 2. The molecule has 0 unspecified atom stereocenters. The zero-order chi connectivity index (χ0) is 24.5. The molecule has 2 aromatic carbocycles. The highest BCUT2D eigenvalue weighted by atomic mass is 16.3. The fourth-order valence-electron chi connectivity index (χ4n) is 2.71. The van der Waals surface area contributed by atoms with Crippen molar-refractivity contribution in [2.24, 2.45) is 10.7 Å². The molecule has 0 aliphatic rings. The third-order valence-electron chi connectivity index (χ3n) is 4.21. The Balaban J connectivity index is 0.000000822. The average Bonchev–Trinajstić information content (AvgIpc) is 3.15. The number of aryl methyl sites for hydroxylation is 4. The van der Waals surface area contributed by atoms with Crippen LogP contribution in [0.5, 0.6) is 5.75 Å². The van der Waals surface area contributed by atoms with Gasteiger partial charge in [-0.25, -0.2) is 0 Å². The Labute approximate surface area is 194 Å². The molecule has 32 heavy (non-hydrogen) atoms. The van der Waals surface area contributed by atoms with E-state index in [9.17, 15) is 5.11 Å². The van der Waals surface area contributed by atoms with Gasteiger partial charge in [-0.2, -0.15) is 5.10 Å². The lowest BCUT2D eigenvalue weighted by Crippen LogP contribution is -2.02. The number of nitrogens with zero attached hydrogens (tertiary/aromatic N) is 3. The first-order chi connectivity index (χ1) is 15.3. The second-order valence-electron chi connectivity index (χ2n) is 7.07. The molecule has 0 radical (unpaired) electrons. The molecule has 174 valence electrons. The maximum absolute atomic E-state index is 9.77. The monoisotopic (exact) mass is 436 g/mol. The quantitative estimate of drug-likeness (QED) is 0.469. The third kappa shape index (κ3) is 11.2. The molecule has 5 heteroatoms. The topological polar surface area (TPSA) is 76.4 Å². The summed E-state index contributed by atoms with van der Waals surface area (Å²) in [6.07, 6.45) is 4.89. The number of hydrogen-bond acceptors (Lipinski definition) is 4. The lowest BCUT2D eigenvalue weighted by molar-refractivity contribution is 0.475. The van der Waals surface area contributed by atoms with Gasteiger partial charge in [0, 0.05) is 31.0 Å². The molecular weight excluding hydrogens is 396 g/mol. The average molecular weight is 437 g/mol. The molecule has 1 heterocycles. The van der Waals surface area contributed by atoms with E-state index in [1.54, 1.807) is 19.2 Å². The molecule has 1 aromatic heterocycles. The summed E-state index contributed by atoms with van der Waals surface area (Å²) in [5.41, 5.74) is 11.4. The molecule has 0 fully saturated rings. The van der Waals surface area contributed by atoms with Gasteiger partial charge in [-0.1, -0.05) is 50.3 Å². The minimum absolute atomic E-state index is 0.285. The standard InChI is InChI=1S/C19H20N2O.C4H9N.C2H5N.C2H6/c1-14-10-17(12-18(22)11-14)19-15(2)13-21(20-19)9-8-16-6-4-3-5-7-16;1-3-4(2)5;1-3-2;1-2/h3-7,10-13,22H,8-9H2,1-2H3;3H,5H2,1-2H3;1H2,2H3;1-2H3/b;4-3-;;. The summed E-state index contributed by atoms with van der Waals surface area (Å²) in [4.78, 5) is 3.25. The first-order valence-corrected chi connectivity index (χ1v) is 10.9. The molecule has 0 bridgehead atoms. The summed E-state index contributed by atoms with van der Waals surface area (Å²) in [5, 5.41) is 14.5. The van der Waals surface area contributed by atoms with Crippen LogP contribution in [0.15, 0.2) is 71.5 Å². The van der Waals surface area contributed by atoms with Gasteiger partial charge in [0.2, 0.25) is 0 Å². The Morgan fingerprint density at radius 1 is 1.16 bits per heavy atom. The molecular formula is C27H40N4O. The Morgan fingerprint density at radius 3 is 2.22 bits per heavy atom. The molecule has 0 spiro atoms. The van der Waals surface area contributed by atoms with Gasteiger partial charge >= 0.3 is 0 Å². The Kier molecular flexibility index (Phi) is 14.7. The van der Waals surface area contributed by atoms with Crippen LogP contribution in [0.3, 0.4) is 0 Å². The molecule has 3 N–H and O–H groups in total. The molecule has 0 aliphatic heterocycles. The first-order valence-electron chi connectivity index (χ1n) is 10.9. The van der Waals surface area contributed by atoms with E-state index in [-0.39, 0.29) is 5.75 Å². The number of rotatable bonds is 4. The van der Waals surface area contributed by atoms with Gasteiger partial charge in [0.15, 0.2) is 0 Å².